The van der Waals surface area contributed by atoms with Crippen molar-refractivity contribution in [3.8, 4) is 0 Å². The van der Waals surface area contributed by atoms with Crippen LogP contribution < -0.4 is 10.9 Å². The SMILES string of the molecule is C[C@@H](C(=O)Nc1cn2c(n1)CCCC2c1cc(F)cc(F)c1)N1CCC(F)(F)[C@@H](c2ccc(=O)[nH]c2)C1. The van der Waals surface area contributed by atoms with Crippen LogP contribution in [0.1, 0.15) is 55.1 Å². The lowest BCUT2D eigenvalue weighted by Crippen LogP contribution is -2.52. The number of nitrogens with zero attached hydrogens (tertiary/aromatic N) is 3. The highest BCUT2D eigenvalue weighted by atomic mass is 19.3. The Labute approximate surface area is 210 Å². The van der Waals surface area contributed by atoms with Gasteiger partial charge in [0.2, 0.25) is 11.5 Å². The molecule has 37 heavy (non-hydrogen) atoms. The second-order valence-corrected chi connectivity index (χ2v) is 9.77. The molecule has 1 fully saturated rings. The van der Waals surface area contributed by atoms with Crippen LogP contribution in [-0.4, -0.2) is 50.4 Å². The van der Waals surface area contributed by atoms with Crippen molar-refractivity contribution in [1.82, 2.24) is 19.4 Å². The van der Waals surface area contributed by atoms with Crippen LogP contribution in [0.5, 0.6) is 0 Å². The maximum atomic E-state index is 14.7. The second kappa shape index (κ2) is 9.77. The van der Waals surface area contributed by atoms with Gasteiger partial charge in [0.1, 0.15) is 17.5 Å². The predicted octanol–water partition coefficient (Wildman–Crippen LogP) is 4.23. The van der Waals surface area contributed by atoms with Gasteiger partial charge in [0.25, 0.3) is 5.92 Å². The molecule has 1 aromatic carbocycles. The number of fused-ring (bicyclic) bond motifs is 1. The number of H-pyrrole nitrogens is 1. The van der Waals surface area contributed by atoms with Gasteiger partial charge in [-0.1, -0.05) is 6.07 Å². The third-order valence-corrected chi connectivity index (χ3v) is 7.34. The first-order valence-corrected chi connectivity index (χ1v) is 12.3. The van der Waals surface area contributed by atoms with Gasteiger partial charge >= 0.3 is 0 Å². The standard InChI is InChI=1S/C26H27F4N5O2/c1-15(34-8-7-26(29,30)20(13-34)16-5-6-24(36)31-12-16)25(37)33-22-14-35-21(3-2-4-23(35)32-22)17-9-18(27)11-19(28)10-17/h5-6,9-12,14-15,20-21H,2-4,7-8,13H2,1H3,(H,31,36)(H,33,37)/t15-,20+,21?/m0/s1. The van der Waals surface area contributed by atoms with Gasteiger partial charge in [-0.3, -0.25) is 14.5 Å². The lowest BCUT2D eigenvalue weighted by molar-refractivity contribution is -0.125. The first kappa shape index (κ1) is 25.2. The summed E-state index contributed by atoms with van der Waals surface area (Å²) in [5.41, 5.74) is 0.424. The molecule has 2 aliphatic heterocycles. The minimum atomic E-state index is -2.97. The zero-order valence-electron chi connectivity index (χ0n) is 20.2. The van der Waals surface area contributed by atoms with E-state index in [2.05, 4.69) is 15.3 Å². The summed E-state index contributed by atoms with van der Waals surface area (Å²) in [7, 11) is 0. The largest absolute Gasteiger partial charge is 0.329 e. The molecule has 0 saturated carbocycles. The number of hydrogen-bond donors (Lipinski definition) is 2. The lowest BCUT2D eigenvalue weighted by Gasteiger charge is -2.40. The van der Waals surface area contributed by atoms with Crippen molar-refractivity contribution in [3.63, 3.8) is 0 Å². The van der Waals surface area contributed by atoms with Crippen molar-refractivity contribution >= 4 is 11.7 Å². The van der Waals surface area contributed by atoms with E-state index in [0.717, 1.165) is 12.5 Å². The Bertz CT molecular complexity index is 1330. The highest BCUT2D eigenvalue weighted by Crippen LogP contribution is 2.40. The van der Waals surface area contributed by atoms with Gasteiger partial charge in [0, 0.05) is 50.5 Å². The number of aromatic nitrogens is 3. The number of carbonyl (C=O) groups is 1. The van der Waals surface area contributed by atoms with Crippen LogP contribution >= 0.6 is 0 Å². The summed E-state index contributed by atoms with van der Waals surface area (Å²) in [6, 6.07) is 5.00. The van der Waals surface area contributed by atoms with E-state index in [4.69, 9.17) is 0 Å². The molecule has 2 aliphatic rings. The highest BCUT2D eigenvalue weighted by Gasteiger charge is 2.46. The number of piperidine rings is 1. The van der Waals surface area contributed by atoms with Crippen LogP contribution in [0.3, 0.4) is 0 Å². The molecule has 4 heterocycles. The van der Waals surface area contributed by atoms with Crippen LogP contribution in [0.25, 0.3) is 0 Å². The molecule has 5 rings (SSSR count). The number of amides is 1. The fraction of sp³-hybridized carbons (Fsp3) is 0.423. The van der Waals surface area contributed by atoms with Gasteiger partial charge in [-0.25, -0.2) is 22.5 Å². The third-order valence-electron chi connectivity index (χ3n) is 7.34. The molecule has 3 atom stereocenters. The Morgan fingerprint density at radius 3 is 2.65 bits per heavy atom. The molecular formula is C26H27F4N5O2. The van der Waals surface area contributed by atoms with Crippen LogP contribution in [0, 0.1) is 11.6 Å². The lowest BCUT2D eigenvalue weighted by atomic mass is 9.87. The van der Waals surface area contributed by atoms with Crippen LogP contribution in [0.4, 0.5) is 23.4 Å². The van der Waals surface area contributed by atoms with Gasteiger partial charge in [0.05, 0.1) is 18.0 Å². The molecule has 0 aliphatic carbocycles. The maximum absolute atomic E-state index is 14.7. The Hall–Kier alpha value is -3.47. The van der Waals surface area contributed by atoms with E-state index in [1.165, 1.54) is 30.5 Å². The Balaban J connectivity index is 1.31. The van der Waals surface area contributed by atoms with Crippen molar-refractivity contribution in [3.05, 3.63) is 81.7 Å². The van der Waals surface area contributed by atoms with E-state index in [1.54, 1.807) is 18.0 Å². The van der Waals surface area contributed by atoms with E-state index in [9.17, 15) is 27.2 Å². The number of imidazole rings is 1. The highest BCUT2D eigenvalue weighted by molar-refractivity contribution is 5.93. The molecule has 1 unspecified atom stereocenters. The number of likely N-dealkylation sites (tertiary alicyclic amines) is 1. The molecule has 3 aromatic rings. The number of halogens is 4. The van der Waals surface area contributed by atoms with E-state index in [-0.39, 0.29) is 24.7 Å². The first-order chi connectivity index (χ1) is 17.6. The molecule has 2 N–H and O–H groups in total. The first-order valence-electron chi connectivity index (χ1n) is 12.3. The van der Waals surface area contributed by atoms with Crippen molar-refractivity contribution in [2.75, 3.05) is 18.4 Å². The summed E-state index contributed by atoms with van der Waals surface area (Å²) >= 11 is 0. The summed E-state index contributed by atoms with van der Waals surface area (Å²) in [5, 5.41) is 2.78. The van der Waals surface area contributed by atoms with Crippen molar-refractivity contribution < 1.29 is 22.4 Å². The molecule has 196 valence electrons. The normalized spacial score (nSPS) is 22.3. The summed E-state index contributed by atoms with van der Waals surface area (Å²) in [4.78, 5) is 33.1. The number of hydrogen-bond acceptors (Lipinski definition) is 4. The second-order valence-electron chi connectivity index (χ2n) is 9.77. The van der Waals surface area contributed by atoms with Gasteiger partial charge in [0.15, 0.2) is 5.82 Å². The summed E-state index contributed by atoms with van der Waals surface area (Å²) in [6.45, 7) is 1.63. The number of anilines is 1. The van der Waals surface area contributed by atoms with Crippen molar-refractivity contribution in [2.45, 2.75) is 56.5 Å². The number of carbonyl (C=O) groups excluding carboxylic acids is 1. The monoisotopic (exact) mass is 517 g/mol. The van der Waals surface area contributed by atoms with E-state index in [1.807, 2.05) is 4.57 Å². The summed E-state index contributed by atoms with van der Waals surface area (Å²) in [5.74, 6) is -4.85. The smallest absolute Gasteiger partial charge is 0.257 e. The minimum absolute atomic E-state index is 0.0361. The molecule has 1 amide bonds. The van der Waals surface area contributed by atoms with Gasteiger partial charge in [-0.2, -0.15) is 0 Å². The molecular weight excluding hydrogens is 490 g/mol. The molecule has 7 nitrogen and oxygen atoms in total. The number of benzene rings is 1. The van der Waals surface area contributed by atoms with Gasteiger partial charge < -0.3 is 14.9 Å². The Morgan fingerprint density at radius 2 is 1.95 bits per heavy atom. The van der Waals surface area contributed by atoms with E-state index < -0.39 is 41.8 Å². The number of aryl methyl sites for hydroxylation is 1. The summed E-state index contributed by atoms with van der Waals surface area (Å²) in [6.07, 6.45) is 4.63. The quantitative estimate of drug-likeness (QED) is 0.497. The molecule has 0 bridgehead atoms. The number of rotatable bonds is 5. The molecule has 11 heteroatoms. The Morgan fingerprint density at radius 1 is 1.19 bits per heavy atom. The van der Waals surface area contributed by atoms with E-state index >= 15 is 0 Å². The number of aromatic amines is 1. The fourth-order valence-electron chi connectivity index (χ4n) is 5.30. The zero-order valence-corrected chi connectivity index (χ0v) is 20.2. The Kier molecular flexibility index (Phi) is 6.65. The van der Waals surface area contributed by atoms with Crippen molar-refractivity contribution in [2.24, 2.45) is 0 Å². The molecule has 0 spiro atoms. The van der Waals surface area contributed by atoms with E-state index in [0.29, 0.717) is 35.6 Å². The predicted molar refractivity (Wildman–Crippen MR) is 129 cm³/mol. The average Bonchev–Trinajstić information content (AvgIpc) is 3.26. The topological polar surface area (TPSA) is 83.0 Å². The average molecular weight is 518 g/mol. The molecule has 0 radical (unpaired) electrons. The van der Waals surface area contributed by atoms with Crippen LogP contribution in [0.2, 0.25) is 0 Å². The molecule has 1 saturated heterocycles. The molecule has 2 aromatic heterocycles. The fourth-order valence-corrected chi connectivity index (χ4v) is 5.30. The summed E-state index contributed by atoms with van der Waals surface area (Å²) < 4.78 is 58.9. The number of nitrogens with one attached hydrogen (secondary N) is 2. The number of pyridine rings is 1. The zero-order chi connectivity index (χ0) is 26.3. The number of alkyl halides is 2. The van der Waals surface area contributed by atoms with Crippen LogP contribution in [-0.2, 0) is 11.2 Å². The third kappa shape index (κ3) is 5.18. The minimum Gasteiger partial charge on any atom is -0.329 e. The van der Waals surface area contributed by atoms with Crippen molar-refractivity contribution in [1.29, 1.82) is 0 Å². The van der Waals surface area contributed by atoms with Gasteiger partial charge in [-0.15, -0.1) is 0 Å². The van der Waals surface area contributed by atoms with Crippen LogP contribution in [0.15, 0.2) is 47.5 Å². The van der Waals surface area contributed by atoms with Gasteiger partial charge in [-0.05, 0) is 43.0 Å². The maximum Gasteiger partial charge on any atom is 0.257 e.